The quantitative estimate of drug-likeness (QED) is 0.754. The third-order valence-corrected chi connectivity index (χ3v) is 6.34. The minimum Gasteiger partial charge on any atom is -0.481 e. The van der Waals surface area contributed by atoms with Gasteiger partial charge in [-0.15, -0.1) is 12.4 Å². The zero-order valence-electron chi connectivity index (χ0n) is 16.4. The summed E-state index contributed by atoms with van der Waals surface area (Å²) in [4.78, 5) is 18.6. The van der Waals surface area contributed by atoms with Gasteiger partial charge in [0.05, 0.1) is 16.8 Å². The van der Waals surface area contributed by atoms with Crippen LogP contribution in [0, 0.1) is 0 Å². The molecule has 1 N–H and O–H groups in total. The minimum absolute atomic E-state index is 0. The molecule has 1 aliphatic heterocycles. The van der Waals surface area contributed by atoms with Crippen LogP contribution in [0.1, 0.15) is 26.3 Å². The van der Waals surface area contributed by atoms with E-state index in [0.29, 0.717) is 6.04 Å². The van der Waals surface area contributed by atoms with Crippen LogP contribution in [-0.4, -0.2) is 42.7 Å². The highest BCUT2D eigenvalue weighted by atomic mass is 35.5. The molecule has 0 amide bonds. The maximum atomic E-state index is 11.7. The van der Waals surface area contributed by atoms with Crippen molar-refractivity contribution in [1.29, 1.82) is 0 Å². The lowest BCUT2D eigenvalue weighted by atomic mass is 9.84. The summed E-state index contributed by atoms with van der Waals surface area (Å²) >= 11 is 1.75. The largest absolute Gasteiger partial charge is 0.481 e. The van der Waals surface area contributed by atoms with Crippen molar-refractivity contribution in [1.82, 2.24) is 4.90 Å². The van der Waals surface area contributed by atoms with Crippen LogP contribution in [0.5, 0.6) is 0 Å². The number of hydrogen-bond donors (Lipinski definition) is 1. The molecule has 2 aromatic carbocycles. The monoisotopic (exact) mass is 406 g/mol. The molecule has 27 heavy (non-hydrogen) atoms. The van der Waals surface area contributed by atoms with Crippen molar-refractivity contribution in [3.63, 3.8) is 0 Å². The van der Waals surface area contributed by atoms with E-state index in [0.717, 1.165) is 17.8 Å². The molecule has 4 nitrogen and oxygen atoms in total. The molecule has 1 unspecified atom stereocenters. The first kappa shape index (κ1) is 21.6. The smallest absolute Gasteiger partial charge is 0.313 e. The average molecular weight is 407 g/mol. The van der Waals surface area contributed by atoms with Gasteiger partial charge in [-0.2, -0.15) is 0 Å². The number of carboxylic acids is 1. The number of para-hydroxylation sites is 1. The van der Waals surface area contributed by atoms with Gasteiger partial charge in [0.25, 0.3) is 0 Å². The number of carboxylic acid groups (broad SMARTS) is 1. The summed E-state index contributed by atoms with van der Waals surface area (Å²) < 4.78 is 0. The maximum absolute atomic E-state index is 11.7. The van der Waals surface area contributed by atoms with Crippen LogP contribution >= 0.6 is 24.2 Å². The first-order valence-corrected chi connectivity index (χ1v) is 9.62. The number of aliphatic carboxylic acids is 1. The molecular formula is C21H27ClN2O2S. The molecule has 6 heteroatoms. The first-order valence-electron chi connectivity index (χ1n) is 8.80. The summed E-state index contributed by atoms with van der Waals surface area (Å²) in [7, 11) is 4.17. The second kappa shape index (κ2) is 8.13. The zero-order valence-corrected chi connectivity index (χ0v) is 18.0. The van der Waals surface area contributed by atoms with Crippen molar-refractivity contribution in [2.45, 2.75) is 42.0 Å². The van der Waals surface area contributed by atoms with Gasteiger partial charge in [0, 0.05) is 22.4 Å². The number of hydrogen-bond acceptors (Lipinski definition) is 4. The van der Waals surface area contributed by atoms with Crippen LogP contribution in [0.15, 0.2) is 52.3 Å². The van der Waals surface area contributed by atoms with E-state index in [9.17, 15) is 9.90 Å². The van der Waals surface area contributed by atoms with E-state index in [1.807, 2.05) is 6.07 Å². The highest BCUT2D eigenvalue weighted by Gasteiger charge is 2.32. The van der Waals surface area contributed by atoms with Crippen molar-refractivity contribution < 1.29 is 9.90 Å². The molecule has 0 aliphatic carbocycles. The number of carbonyl (C=O) groups is 1. The number of rotatable bonds is 5. The summed E-state index contributed by atoms with van der Waals surface area (Å²) in [5, 5.41) is 9.62. The molecular weight excluding hydrogens is 380 g/mol. The van der Waals surface area contributed by atoms with E-state index in [4.69, 9.17) is 0 Å². The lowest BCUT2D eigenvalue weighted by molar-refractivity contribution is -0.142. The Bertz CT molecular complexity index is 839. The topological polar surface area (TPSA) is 43.8 Å². The average Bonchev–Trinajstić information content (AvgIpc) is 2.60. The van der Waals surface area contributed by atoms with Gasteiger partial charge >= 0.3 is 5.97 Å². The lowest BCUT2D eigenvalue weighted by Gasteiger charge is -2.37. The minimum atomic E-state index is -0.921. The highest BCUT2D eigenvalue weighted by Crippen LogP contribution is 2.49. The van der Waals surface area contributed by atoms with E-state index in [1.165, 1.54) is 15.5 Å². The standard InChI is InChI=1S/C21H26N2O2S.ClH/c1-14(22(4)5)13-23-16-8-6-7-9-18(16)26-19-11-10-15(12-17(19)23)21(2,3)20(24)25;/h6-12,14H,13H2,1-5H3,(H,24,25);1H. The van der Waals surface area contributed by atoms with Gasteiger partial charge in [-0.05, 0) is 64.7 Å². The van der Waals surface area contributed by atoms with Gasteiger partial charge < -0.3 is 14.9 Å². The molecule has 2 aromatic rings. The van der Waals surface area contributed by atoms with E-state index in [1.54, 1.807) is 25.6 Å². The fraction of sp³-hybridized carbons (Fsp3) is 0.381. The van der Waals surface area contributed by atoms with Crippen LogP contribution in [0.25, 0.3) is 0 Å². The molecule has 0 spiro atoms. The second-order valence-electron chi connectivity index (χ2n) is 7.61. The molecule has 0 saturated carbocycles. The summed E-state index contributed by atoms with van der Waals surface area (Å²) in [5.41, 5.74) is 2.18. The van der Waals surface area contributed by atoms with Crippen molar-refractivity contribution in [2.75, 3.05) is 25.5 Å². The highest BCUT2D eigenvalue weighted by molar-refractivity contribution is 7.99. The number of nitrogens with zero attached hydrogens (tertiary/aromatic N) is 2. The van der Waals surface area contributed by atoms with Crippen molar-refractivity contribution in [3.05, 3.63) is 48.0 Å². The Morgan fingerprint density at radius 2 is 1.78 bits per heavy atom. The van der Waals surface area contributed by atoms with Crippen LogP contribution < -0.4 is 4.90 Å². The Hall–Kier alpha value is -1.69. The predicted molar refractivity (Wildman–Crippen MR) is 115 cm³/mol. The van der Waals surface area contributed by atoms with Crippen molar-refractivity contribution in [2.24, 2.45) is 0 Å². The number of benzene rings is 2. The molecule has 0 fully saturated rings. The summed E-state index contributed by atoms with van der Waals surface area (Å²) in [6.45, 7) is 6.56. The van der Waals surface area contributed by atoms with Gasteiger partial charge in [-0.25, -0.2) is 0 Å². The molecule has 0 aromatic heterocycles. The Labute approximate surface area is 172 Å². The van der Waals surface area contributed by atoms with E-state index >= 15 is 0 Å². The van der Waals surface area contributed by atoms with Crippen LogP contribution in [0.2, 0.25) is 0 Å². The van der Waals surface area contributed by atoms with Gasteiger partial charge in [0.1, 0.15) is 0 Å². The molecule has 3 rings (SSSR count). The Morgan fingerprint density at radius 3 is 2.41 bits per heavy atom. The number of likely N-dealkylation sites (N-methyl/N-ethyl adjacent to an activating group) is 1. The second-order valence-corrected chi connectivity index (χ2v) is 8.69. The van der Waals surface area contributed by atoms with E-state index in [2.05, 4.69) is 67.2 Å². The summed E-state index contributed by atoms with van der Waals surface area (Å²) in [6, 6.07) is 14.8. The predicted octanol–water partition coefficient (Wildman–Crippen LogP) is 5.02. The number of anilines is 2. The van der Waals surface area contributed by atoms with E-state index < -0.39 is 11.4 Å². The van der Waals surface area contributed by atoms with E-state index in [-0.39, 0.29) is 12.4 Å². The third-order valence-electron chi connectivity index (χ3n) is 5.21. The van der Waals surface area contributed by atoms with Gasteiger partial charge in [-0.3, -0.25) is 4.79 Å². The fourth-order valence-corrected chi connectivity index (χ4v) is 4.04. The Balaban J connectivity index is 0.00000261. The normalized spacial score (nSPS) is 14.2. The third kappa shape index (κ3) is 4.10. The van der Waals surface area contributed by atoms with Crippen molar-refractivity contribution >= 4 is 41.5 Å². The summed E-state index contributed by atoms with van der Waals surface area (Å²) in [5.74, 6) is -0.811. The molecule has 1 aliphatic rings. The summed E-state index contributed by atoms with van der Waals surface area (Å²) in [6.07, 6.45) is 0. The van der Waals surface area contributed by atoms with Crippen molar-refractivity contribution in [3.8, 4) is 0 Å². The number of fused-ring (bicyclic) bond motifs is 2. The molecule has 0 saturated heterocycles. The van der Waals surface area contributed by atoms with Gasteiger partial charge in [0.15, 0.2) is 0 Å². The van der Waals surface area contributed by atoms with Crippen LogP contribution in [-0.2, 0) is 10.2 Å². The van der Waals surface area contributed by atoms with Crippen LogP contribution in [0.3, 0.4) is 0 Å². The van der Waals surface area contributed by atoms with Crippen LogP contribution in [0.4, 0.5) is 11.4 Å². The fourth-order valence-electron chi connectivity index (χ4n) is 2.97. The SMILES string of the molecule is CC(CN1c2ccccc2Sc2ccc(C(C)(C)C(=O)O)cc21)N(C)C.Cl. The Morgan fingerprint density at radius 1 is 1.15 bits per heavy atom. The van der Waals surface area contributed by atoms with Gasteiger partial charge in [-0.1, -0.05) is 30.0 Å². The molecule has 0 bridgehead atoms. The first-order chi connectivity index (χ1) is 12.2. The molecule has 1 heterocycles. The Kier molecular flexibility index (Phi) is 6.51. The molecule has 0 radical (unpaired) electrons. The molecule has 146 valence electrons. The zero-order chi connectivity index (χ0) is 19.1. The lowest BCUT2D eigenvalue weighted by Crippen LogP contribution is -2.37. The molecule has 1 atom stereocenters. The number of halogens is 1. The maximum Gasteiger partial charge on any atom is 0.313 e. The van der Waals surface area contributed by atoms with Gasteiger partial charge in [0.2, 0.25) is 0 Å².